The van der Waals surface area contributed by atoms with Gasteiger partial charge >= 0.3 is 10.8 Å². The zero-order chi connectivity index (χ0) is 13.8. The zero-order valence-electron chi connectivity index (χ0n) is 9.73. The van der Waals surface area contributed by atoms with Crippen LogP contribution < -0.4 is 9.60 Å². The molecule has 1 rings (SSSR count). The largest absolute Gasteiger partial charge is 0.481 e. The number of hydrogen-bond donors (Lipinski definition) is 3. The first-order chi connectivity index (χ1) is 8.33. The van der Waals surface area contributed by atoms with Crippen molar-refractivity contribution < 1.29 is 18.3 Å². The molecule has 0 spiro atoms. The van der Waals surface area contributed by atoms with E-state index in [9.17, 15) is 18.0 Å². The third-order valence-electron chi connectivity index (χ3n) is 2.13. The maximum atomic E-state index is 11.8. The number of thiazole rings is 1. The first-order valence-corrected chi connectivity index (χ1v) is 7.54. The Bertz CT molecular complexity index is 572. The number of aromatic amines is 1. The lowest BCUT2D eigenvalue weighted by molar-refractivity contribution is -0.137. The average Bonchev–Trinajstić information content (AvgIpc) is 2.57. The predicted octanol–water partition coefficient (Wildman–Crippen LogP) is 0.278. The molecule has 0 amide bonds. The molecule has 0 aliphatic heterocycles. The summed E-state index contributed by atoms with van der Waals surface area (Å²) >= 11 is 0.634. The van der Waals surface area contributed by atoms with Crippen molar-refractivity contribution in [3.8, 4) is 0 Å². The van der Waals surface area contributed by atoms with Crippen molar-refractivity contribution in [3.63, 3.8) is 0 Å². The summed E-state index contributed by atoms with van der Waals surface area (Å²) in [5.74, 6) is -0.905. The molecule has 0 radical (unpaired) electrons. The third-order valence-corrected chi connectivity index (χ3v) is 5.20. The van der Waals surface area contributed by atoms with Crippen molar-refractivity contribution in [2.75, 3.05) is 6.54 Å². The number of rotatable bonds is 7. The second-order valence-corrected chi connectivity index (χ2v) is 6.62. The first kappa shape index (κ1) is 14.9. The number of unbranched alkanes of at least 4 members (excludes halogenated alkanes) is 1. The van der Waals surface area contributed by atoms with Crippen LogP contribution >= 0.6 is 11.3 Å². The SMILES string of the molecule is Cc1[nH]c(=O)sc1S(=O)(=O)NCCCCC(=O)O. The lowest BCUT2D eigenvalue weighted by atomic mass is 10.2. The lowest BCUT2D eigenvalue weighted by Gasteiger charge is -2.04. The van der Waals surface area contributed by atoms with Crippen LogP contribution in [-0.2, 0) is 14.8 Å². The van der Waals surface area contributed by atoms with Crippen molar-refractivity contribution in [2.45, 2.75) is 30.4 Å². The smallest absolute Gasteiger partial charge is 0.305 e. The van der Waals surface area contributed by atoms with Gasteiger partial charge in [0.15, 0.2) is 4.21 Å². The van der Waals surface area contributed by atoms with Gasteiger partial charge < -0.3 is 10.1 Å². The summed E-state index contributed by atoms with van der Waals surface area (Å²) < 4.78 is 25.9. The summed E-state index contributed by atoms with van der Waals surface area (Å²) in [7, 11) is -3.68. The van der Waals surface area contributed by atoms with Crippen molar-refractivity contribution in [3.05, 3.63) is 15.4 Å². The topological polar surface area (TPSA) is 116 Å². The van der Waals surface area contributed by atoms with Crippen LogP contribution in [0.4, 0.5) is 0 Å². The van der Waals surface area contributed by atoms with Crippen LogP contribution in [-0.4, -0.2) is 31.0 Å². The molecule has 0 bridgehead atoms. The quantitative estimate of drug-likeness (QED) is 0.624. The lowest BCUT2D eigenvalue weighted by Crippen LogP contribution is -2.24. The summed E-state index contributed by atoms with van der Waals surface area (Å²) in [4.78, 5) is 23.2. The van der Waals surface area contributed by atoms with Gasteiger partial charge in [-0.15, -0.1) is 0 Å². The second kappa shape index (κ2) is 6.12. The number of H-pyrrole nitrogens is 1. The molecule has 0 aliphatic carbocycles. The Morgan fingerprint density at radius 1 is 1.44 bits per heavy atom. The highest BCUT2D eigenvalue weighted by molar-refractivity contribution is 7.91. The van der Waals surface area contributed by atoms with Gasteiger partial charge in [-0.25, -0.2) is 13.1 Å². The highest BCUT2D eigenvalue weighted by Gasteiger charge is 2.19. The molecule has 0 unspecified atom stereocenters. The van der Waals surface area contributed by atoms with E-state index in [1.165, 1.54) is 6.92 Å². The molecule has 0 saturated heterocycles. The molecule has 3 N–H and O–H groups in total. The molecule has 1 aromatic heterocycles. The minimum absolute atomic E-state index is 0.0121. The van der Waals surface area contributed by atoms with Gasteiger partial charge in [-0.3, -0.25) is 9.59 Å². The number of aryl methyl sites for hydroxylation is 1. The highest BCUT2D eigenvalue weighted by Crippen LogP contribution is 2.15. The molecule has 18 heavy (non-hydrogen) atoms. The van der Waals surface area contributed by atoms with E-state index in [2.05, 4.69) is 9.71 Å². The van der Waals surface area contributed by atoms with E-state index in [-0.39, 0.29) is 17.2 Å². The van der Waals surface area contributed by atoms with E-state index in [4.69, 9.17) is 5.11 Å². The zero-order valence-corrected chi connectivity index (χ0v) is 11.4. The average molecular weight is 294 g/mol. The van der Waals surface area contributed by atoms with Crippen LogP contribution in [0.5, 0.6) is 0 Å². The number of carboxylic acid groups (broad SMARTS) is 1. The van der Waals surface area contributed by atoms with Gasteiger partial charge in [0, 0.05) is 18.7 Å². The Hall–Kier alpha value is -1.19. The second-order valence-electron chi connectivity index (χ2n) is 3.68. The molecule has 7 nitrogen and oxygen atoms in total. The van der Waals surface area contributed by atoms with Gasteiger partial charge in [0.1, 0.15) is 0 Å². The molecule has 0 aliphatic rings. The Labute approximate surface area is 108 Å². The van der Waals surface area contributed by atoms with Gasteiger partial charge in [-0.05, 0) is 19.8 Å². The van der Waals surface area contributed by atoms with E-state index in [1.54, 1.807) is 0 Å². The van der Waals surface area contributed by atoms with Crippen LogP contribution in [0.1, 0.15) is 25.0 Å². The monoisotopic (exact) mass is 294 g/mol. The van der Waals surface area contributed by atoms with E-state index in [1.807, 2.05) is 0 Å². The summed E-state index contributed by atoms with van der Waals surface area (Å²) in [6.45, 7) is 1.66. The van der Waals surface area contributed by atoms with Crippen LogP contribution in [0.25, 0.3) is 0 Å². The predicted molar refractivity (Wildman–Crippen MR) is 66.4 cm³/mol. The molecule has 1 aromatic rings. The van der Waals surface area contributed by atoms with E-state index < -0.39 is 20.9 Å². The van der Waals surface area contributed by atoms with Crippen molar-refractivity contribution >= 4 is 27.3 Å². The summed E-state index contributed by atoms with van der Waals surface area (Å²) in [6, 6.07) is 0. The third kappa shape index (κ3) is 4.24. The van der Waals surface area contributed by atoms with E-state index >= 15 is 0 Å². The maximum absolute atomic E-state index is 11.8. The number of aromatic nitrogens is 1. The molecule has 0 atom stereocenters. The molecule has 1 heterocycles. The number of sulfonamides is 1. The molecule has 0 fully saturated rings. The van der Waals surface area contributed by atoms with E-state index in [0.29, 0.717) is 29.9 Å². The number of aliphatic carboxylic acids is 1. The highest BCUT2D eigenvalue weighted by atomic mass is 32.2. The molecular formula is C9H14N2O5S2. The minimum Gasteiger partial charge on any atom is -0.481 e. The number of nitrogens with one attached hydrogen (secondary N) is 2. The molecular weight excluding hydrogens is 280 g/mol. The summed E-state index contributed by atoms with van der Waals surface area (Å²) in [5.41, 5.74) is 0.308. The van der Waals surface area contributed by atoms with Gasteiger partial charge in [0.2, 0.25) is 0 Å². The fraction of sp³-hybridized carbons (Fsp3) is 0.556. The number of carboxylic acids is 1. The Balaban J connectivity index is 2.53. The number of carbonyl (C=O) groups is 1. The van der Waals surface area contributed by atoms with E-state index in [0.717, 1.165) is 0 Å². The van der Waals surface area contributed by atoms with Gasteiger partial charge in [-0.1, -0.05) is 11.3 Å². The molecule has 102 valence electrons. The number of hydrogen-bond acceptors (Lipinski definition) is 5. The fourth-order valence-corrected chi connectivity index (χ4v) is 3.74. The molecule has 9 heteroatoms. The maximum Gasteiger partial charge on any atom is 0.305 e. The minimum atomic E-state index is -3.68. The summed E-state index contributed by atoms with van der Waals surface area (Å²) in [6.07, 6.45) is 0.850. The van der Waals surface area contributed by atoms with Gasteiger partial charge in [0.05, 0.1) is 0 Å². The first-order valence-electron chi connectivity index (χ1n) is 5.24. The normalized spacial score (nSPS) is 11.6. The fourth-order valence-electron chi connectivity index (χ4n) is 1.32. The van der Waals surface area contributed by atoms with Crippen LogP contribution in [0.15, 0.2) is 9.00 Å². The van der Waals surface area contributed by atoms with Gasteiger partial charge in [-0.2, -0.15) is 0 Å². The van der Waals surface area contributed by atoms with Crippen molar-refractivity contribution in [2.24, 2.45) is 0 Å². The van der Waals surface area contributed by atoms with Crippen LogP contribution in [0.3, 0.4) is 0 Å². The van der Waals surface area contributed by atoms with Crippen molar-refractivity contribution in [1.82, 2.24) is 9.71 Å². The molecule has 0 saturated carbocycles. The van der Waals surface area contributed by atoms with Crippen LogP contribution in [0.2, 0.25) is 0 Å². The van der Waals surface area contributed by atoms with Crippen LogP contribution in [0, 0.1) is 6.92 Å². The van der Waals surface area contributed by atoms with Gasteiger partial charge in [0.25, 0.3) is 10.0 Å². The standard InChI is InChI=1S/C9H14N2O5S2/c1-6-8(17-9(14)11-6)18(15,16)10-5-3-2-4-7(12)13/h10H,2-5H2,1H3,(H,11,14)(H,12,13). The molecule has 0 aromatic carbocycles. The Kier molecular flexibility index (Phi) is 5.05. The van der Waals surface area contributed by atoms with Crippen molar-refractivity contribution in [1.29, 1.82) is 0 Å². The Morgan fingerprint density at radius 2 is 2.11 bits per heavy atom. The summed E-state index contributed by atoms with van der Waals surface area (Å²) in [5, 5.41) is 8.41. The Morgan fingerprint density at radius 3 is 2.61 bits per heavy atom.